The minimum atomic E-state index is 0.183. The maximum absolute atomic E-state index is 6.28. The van der Waals surface area contributed by atoms with Crippen molar-refractivity contribution in [1.82, 2.24) is 39.5 Å². The number of rotatable bonds is 4. The topological polar surface area (TPSA) is 126 Å². The number of pyridine rings is 2. The van der Waals surface area contributed by atoms with Crippen LogP contribution in [0.4, 0.5) is 5.82 Å². The predicted molar refractivity (Wildman–Crippen MR) is 133 cm³/mol. The van der Waals surface area contributed by atoms with Gasteiger partial charge in [-0.05, 0) is 67.3 Å². The van der Waals surface area contributed by atoms with Gasteiger partial charge in [0, 0.05) is 18.1 Å². The van der Waals surface area contributed by atoms with Gasteiger partial charge in [-0.25, -0.2) is 24.6 Å². The fraction of sp³-hybridized carbons (Fsp3) is 0.154. The van der Waals surface area contributed by atoms with Gasteiger partial charge in [0.2, 0.25) is 5.89 Å². The molecule has 5 aromatic heterocycles. The molecule has 0 bridgehead atoms. The number of imidazole rings is 1. The van der Waals surface area contributed by atoms with Crippen LogP contribution in [0.15, 0.2) is 71.7 Å². The average Bonchev–Trinajstić information content (AvgIpc) is 3.68. The first-order valence-electron chi connectivity index (χ1n) is 11.7. The van der Waals surface area contributed by atoms with E-state index in [-0.39, 0.29) is 6.04 Å². The van der Waals surface area contributed by atoms with E-state index in [4.69, 9.17) is 20.1 Å². The number of nitrogens with two attached hydrogens (primary N) is 1. The lowest BCUT2D eigenvalue weighted by Gasteiger charge is -2.14. The number of anilines is 1. The van der Waals surface area contributed by atoms with Crippen molar-refractivity contribution in [3.05, 3.63) is 84.1 Å². The van der Waals surface area contributed by atoms with Crippen LogP contribution >= 0.6 is 0 Å². The Morgan fingerprint density at radius 2 is 2.00 bits per heavy atom. The Labute approximate surface area is 205 Å². The number of nitrogens with zero attached hydrogens (tertiary/aromatic N) is 8. The molecule has 6 aromatic rings. The summed E-state index contributed by atoms with van der Waals surface area (Å²) < 4.78 is 9.57. The second kappa shape index (κ2) is 7.84. The summed E-state index contributed by atoms with van der Waals surface area (Å²) in [7, 11) is 0. The zero-order chi connectivity index (χ0) is 24.2. The molecule has 0 aliphatic heterocycles. The predicted octanol–water partition coefficient (Wildman–Crippen LogP) is 4.16. The van der Waals surface area contributed by atoms with Crippen molar-refractivity contribution in [2.24, 2.45) is 0 Å². The fourth-order valence-corrected chi connectivity index (χ4v) is 4.96. The zero-order valence-corrected chi connectivity index (χ0v) is 19.4. The molecule has 10 heteroatoms. The first-order chi connectivity index (χ1) is 17.7. The highest BCUT2D eigenvalue weighted by Gasteiger charge is 2.26. The number of nitrogen functional groups attached to an aromatic ring is 1. The Hall–Kier alpha value is -4.86. The minimum absolute atomic E-state index is 0.183. The molecule has 7 rings (SSSR count). The van der Waals surface area contributed by atoms with Crippen molar-refractivity contribution in [3.63, 3.8) is 0 Å². The maximum Gasteiger partial charge on any atom is 0.245 e. The van der Waals surface area contributed by atoms with Crippen molar-refractivity contribution in [2.45, 2.75) is 25.8 Å². The zero-order valence-electron chi connectivity index (χ0n) is 19.4. The molecule has 1 aliphatic rings. The Balaban J connectivity index is 1.44. The third-order valence-electron chi connectivity index (χ3n) is 6.61. The van der Waals surface area contributed by atoms with Gasteiger partial charge in [0.05, 0.1) is 23.5 Å². The van der Waals surface area contributed by atoms with Crippen LogP contribution in [0.1, 0.15) is 29.3 Å². The van der Waals surface area contributed by atoms with E-state index in [0.717, 1.165) is 35.3 Å². The molecule has 176 valence electrons. The van der Waals surface area contributed by atoms with E-state index in [2.05, 4.69) is 38.5 Å². The van der Waals surface area contributed by atoms with Crippen LogP contribution in [-0.2, 0) is 6.42 Å². The second-order valence-corrected chi connectivity index (χ2v) is 8.86. The second-order valence-electron chi connectivity index (χ2n) is 8.86. The smallest absolute Gasteiger partial charge is 0.245 e. The molecule has 0 spiro atoms. The average molecular weight is 476 g/mol. The molecule has 2 N–H and O–H groups in total. The number of hydrogen-bond donors (Lipinski definition) is 1. The van der Waals surface area contributed by atoms with Crippen molar-refractivity contribution in [1.29, 1.82) is 0 Å². The van der Waals surface area contributed by atoms with Crippen LogP contribution in [0.3, 0.4) is 0 Å². The number of hydrogen-bond acceptors (Lipinski definition) is 8. The molecular formula is C26H21N9O. The van der Waals surface area contributed by atoms with Crippen molar-refractivity contribution >= 4 is 17.0 Å². The van der Waals surface area contributed by atoms with Crippen LogP contribution in [0, 0.1) is 6.92 Å². The van der Waals surface area contributed by atoms with Gasteiger partial charge in [0.15, 0.2) is 11.5 Å². The third-order valence-corrected chi connectivity index (χ3v) is 6.61. The number of fused-ring (bicyclic) bond motifs is 2. The molecule has 0 unspecified atom stereocenters. The molecule has 1 atom stereocenters. The van der Waals surface area contributed by atoms with Crippen molar-refractivity contribution in [2.75, 3.05) is 5.73 Å². The number of aromatic nitrogens is 8. The third kappa shape index (κ3) is 3.18. The lowest BCUT2D eigenvalue weighted by molar-refractivity contribution is 0.504. The molecule has 0 saturated carbocycles. The lowest BCUT2D eigenvalue weighted by atomic mass is 10.1. The standard InChI is InChI=1S/C26H21N9O/c1-15-14-36-26(30-15)21-8-7-20-25(32-21)35(24(31-20)19-3-2-10-28-23(19)27)17-5-6-18-16(13-17)4-9-22(18)34-12-11-29-33-34/h2-3,5-8,10-14,22H,4,9H2,1H3,(H2,27,28)/t22-/m0/s1. The van der Waals surface area contributed by atoms with Crippen LogP contribution in [-0.4, -0.2) is 39.5 Å². The van der Waals surface area contributed by atoms with E-state index in [1.807, 2.05) is 46.6 Å². The summed E-state index contributed by atoms with van der Waals surface area (Å²) in [5.74, 6) is 1.55. The van der Waals surface area contributed by atoms with Gasteiger partial charge in [-0.3, -0.25) is 4.57 Å². The van der Waals surface area contributed by atoms with Crippen LogP contribution < -0.4 is 5.73 Å². The molecular weight excluding hydrogens is 454 g/mol. The van der Waals surface area contributed by atoms with Gasteiger partial charge >= 0.3 is 0 Å². The molecule has 36 heavy (non-hydrogen) atoms. The van der Waals surface area contributed by atoms with Crippen LogP contribution in [0.25, 0.3) is 39.8 Å². The summed E-state index contributed by atoms with van der Waals surface area (Å²) >= 11 is 0. The molecule has 1 aliphatic carbocycles. The summed E-state index contributed by atoms with van der Waals surface area (Å²) in [6, 6.07) is 14.2. The van der Waals surface area contributed by atoms with Gasteiger partial charge in [0.25, 0.3) is 0 Å². The Morgan fingerprint density at radius 3 is 2.81 bits per heavy atom. The molecule has 5 heterocycles. The first-order valence-corrected chi connectivity index (χ1v) is 11.7. The quantitative estimate of drug-likeness (QED) is 0.403. The number of aryl methyl sites for hydroxylation is 2. The van der Waals surface area contributed by atoms with Gasteiger partial charge in [-0.2, -0.15) is 0 Å². The number of benzene rings is 1. The van der Waals surface area contributed by atoms with Gasteiger partial charge in [-0.15, -0.1) is 5.10 Å². The maximum atomic E-state index is 6.28. The van der Waals surface area contributed by atoms with Gasteiger partial charge < -0.3 is 10.2 Å². The van der Waals surface area contributed by atoms with Crippen LogP contribution in [0.2, 0.25) is 0 Å². The minimum Gasteiger partial charge on any atom is -0.443 e. The van der Waals surface area contributed by atoms with Crippen molar-refractivity contribution < 1.29 is 4.42 Å². The van der Waals surface area contributed by atoms with E-state index >= 15 is 0 Å². The summed E-state index contributed by atoms with van der Waals surface area (Å²) in [4.78, 5) is 18.6. The van der Waals surface area contributed by atoms with E-state index in [9.17, 15) is 0 Å². The summed E-state index contributed by atoms with van der Waals surface area (Å²) in [5.41, 5.74) is 13.3. The number of oxazole rings is 1. The largest absolute Gasteiger partial charge is 0.443 e. The fourth-order valence-electron chi connectivity index (χ4n) is 4.96. The summed E-state index contributed by atoms with van der Waals surface area (Å²) in [6.07, 6.45) is 8.84. The van der Waals surface area contributed by atoms with Crippen LogP contribution in [0.5, 0.6) is 0 Å². The molecule has 10 nitrogen and oxygen atoms in total. The molecule has 1 aromatic carbocycles. The van der Waals surface area contributed by atoms with E-state index in [1.54, 1.807) is 18.7 Å². The normalized spacial score (nSPS) is 15.0. The Morgan fingerprint density at radius 1 is 1.06 bits per heavy atom. The highest BCUT2D eigenvalue weighted by molar-refractivity contribution is 5.84. The first kappa shape index (κ1) is 20.5. The Bertz CT molecular complexity index is 1730. The summed E-state index contributed by atoms with van der Waals surface area (Å²) in [5, 5.41) is 8.20. The van der Waals surface area contributed by atoms with E-state index in [1.165, 1.54) is 11.1 Å². The SMILES string of the molecule is Cc1coc(-c2ccc3nc(-c4cccnc4N)n(-c4ccc5c(c4)CC[C@@H]5n4ccnn4)c3n2)n1. The molecule has 0 radical (unpaired) electrons. The molecule has 0 saturated heterocycles. The molecule has 0 fully saturated rings. The van der Waals surface area contributed by atoms with Crippen molar-refractivity contribution in [3.8, 4) is 28.7 Å². The van der Waals surface area contributed by atoms with Gasteiger partial charge in [0.1, 0.15) is 23.3 Å². The highest BCUT2D eigenvalue weighted by atomic mass is 16.3. The monoisotopic (exact) mass is 475 g/mol. The highest BCUT2D eigenvalue weighted by Crippen LogP contribution is 2.37. The molecule has 0 amide bonds. The van der Waals surface area contributed by atoms with E-state index in [0.29, 0.717) is 28.9 Å². The summed E-state index contributed by atoms with van der Waals surface area (Å²) in [6.45, 7) is 1.89. The van der Waals surface area contributed by atoms with E-state index < -0.39 is 0 Å². The Kier molecular flexibility index (Phi) is 4.47. The lowest BCUT2D eigenvalue weighted by Crippen LogP contribution is -2.08. The van der Waals surface area contributed by atoms with Gasteiger partial charge in [-0.1, -0.05) is 11.3 Å².